The van der Waals surface area contributed by atoms with Gasteiger partial charge in [0.2, 0.25) is 0 Å². The Morgan fingerprint density at radius 2 is 1.75 bits per heavy atom. The Hall–Kier alpha value is -1.00. The van der Waals surface area contributed by atoms with Gasteiger partial charge in [-0.3, -0.25) is 0 Å². The number of nitrogens with one attached hydrogen (secondary N) is 1. The molecule has 0 radical (unpaired) electrons. The molecule has 0 amide bonds. The van der Waals surface area contributed by atoms with Crippen molar-refractivity contribution in [2.24, 2.45) is 0 Å². The molecular weight excluding hydrogens is 335 g/mol. The first-order chi connectivity index (χ1) is 9.63. The van der Waals surface area contributed by atoms with E-state index in [1.807, 2.05) is 30.3 Å². The molecule has 0 saturated carbocycles. The molecule has 102 valence electrons. The van der Waals surface area contributed by atoms with Crippen LogP contribution < -0.4 is 5.32 Å². The van der Waals surface area contributed by atoms with E-state index in [0.717, 1.165) is 25.9 Å². The molecule has 1 heterocycles. The van der Waals surface area contributed by atoms with Crippen LogP contribution in [0.3, 0.4) is 0 Å². The van der Waals surface area contributed by atoms with E-state index in [1.165, 1.54) is 0 Å². The highest BCUT2D eigenvalue weighted by atomic mass is 35.5. The number of hydrogen-bond acceptors (Lipinski definition) is 3. The first-order valence-electron chi connectivity index (χ1n) is 5.86. The largest absolute Gasteiger partial charge is 0.379 e. The number of benzene rings is 2. The highest BCUT2D eigenvalue weighted by Gasteiger charge is 2.09. The van der Waals surface area contributed by atoms with Gasteiger partial charge in [0.1, 0.15) is 10.5 Å². The van der Waals surface area contributed by atoms with Gasteiger partial charge in [0, 0.05) is 10.7 Å². The fraction of sp³-hybridized carbons (Fsp3) is 0.0714. The number of rotatable bonds is 3. The highest BCUT2D eigenvalue weighted by molar-refractivity contribution is 7.18. The minimum absolute atomic E-state index is 0.512. The summed E-state index contributed by atoms with van der Waals surface area (Å²) in [5.74, 6) is 0. The lowest BCUT2D eigenvalue weighted by molar-refractivity contribution is 1.12. The monoisotopic (exact) mass is 342 g/mol. The van der Waals surface area contributed by atoms with Crippen LogP contribution in [0.4, 0.5) is 5.69 Å². The van der Waals surface area contributed by atoms with Gasteiger partial charge >= 0.3 is 0 Å². The normalized spacial score (nSPS) is 10.9. The third-order valence-electron chi connectivity index (χ3n) is 2.78. The minimum Gasteiger partial charge on any atom is -0.379 e. The van der Waals surface area contributed by atoms with Gasteiger partial charge in [-0.1, -0.05) is 34.8 Å². The highest BCUT2D eigenvalue weighted by Crippen LogP contribution is 2.33. The van der Waals surface area contributed by atoms with Crippen molar-refractivity contribution in [2.75, 3.05) is 5.32 Å². The van der Waals surface area contributed by atoms with E-state index in [2.05, 4.69) is 10.3 Å². The van der Waals surface area contributed by atoms with Crippen molar-refractivity contribution in [2.45, 2.75) is 6.54 Å². The molecule has 1 N–H and O–H groups in total. The Morgan fingerprint density at radius 1 is 1.00 bits per heavy atom. The van der Waals surface area contributed by atoms with Crippen LogP contribution in [0.1, 0.15) is 5.01 Å². The van der Waals surface area contributed by atoms with Gasteiger partial charge < -0.3 is 5.32 Å². The minimum atomic E-state index is 0.512. The SMILES string of the molecule is Clc1ccc(NCc2nc3c(Cl)c(Cl)ccc3s2)cc1. The van der Waals surface area contributed by atoms with Crippen molar-refractivity contribution in [1.82, 2.24) is 4.98 Å². The van der Waals surface area contributed by atoms with Crippen LogP contribution in [0, 0.1) is 0 Å². The molecule has 20 heavy (non-hydrogen) atoms. The Labute approximate surface area is 135 Å². The second-order valence-corrected chi connectivity index (χ2v) is 6.51. The Kier molecular flexibility index (Phi) is 4.03. The predicted molar refractivity (Wildman–Crippen MR) is 88.4 cm³/mol. The van der Waals surface area contributed by atoms with Crippen molar-refractivity contribution < 1.29 is 0 Å². The van der Waals surface area contributed by atoms with E-state index in [0.29, 0.717) is 16.6 Å². The van der Waals surface area contributed by atoms with Crippen LogP contribution in [0.15, 0.2) is 36.4 Å². The number of nitrogens with zero attached hydrogens (tertiary/aromatic N) is 1. The molecule has 6 heteroatoms. The van der Waals surface area contributed by atoms with Gasteiger partial charge in [0.25, 0.3) is 0 Å². The fourth-order valence-electron chi connectivity index (χ4n) is 1.80. The maximum Gasteiger partial charge on any atom is 0.113 e. The molecule has 0 aliphatic rings. The van der Waals surface area contributed by atoms with E-state index in [4.69, 9.17) is 34.8 Å². The lowest BCUT2D eigenvalue weighted by Gasteiger charge is -2.03. The van der Waals surface area contributed by atoms with Crippen molar-refractivity contribution >= 4 is 62.0 Å². The second-order valence-electron chi connectivity index (χ2n) is 4.18. The Morgan fingerprint density at radius 3 is 2.50 bits per heavy atom. The van der Waals surface area contributed by atoms with Crippen LogP contribution in [0.2, 0.25) is 15.1 Å². The van der Waals surface area contributed by atoms with Crippen LogP contribution in [0.5, 0.6) is 0 Å². The molecule has 0 aliphatic carbocycles. The van der Waals surface area contributed by atoms with Crippen molar-refractivity contribution in [1.29, 1.82) is 0 Å². The molecule has 3 aromatic rings. The number of anilines is 1. The molecule has 0 fully saturated rings. The van der Waals surface area contributed by atoms with Crippen LogP contribution in [0.25, 0.3) is 10.2 Å². The van der Waals surface area contributed by atoms with Crippen LogP contribution in [-0.2, 0) is 6.54 Å². The predicted octanol–water partition coefficient (Wildman–Crippen LogP) is 5.87. The summed E-state index contributed by atoms with van der Waals surface area (Å²) in [7, 11) is 0. The number of halogens is 3. The molecular formula is C14H9Cl3N2S. The van der Waals surface area contributed by atoms with E-state index in [-0.39, 0.29) is 0 Å². The molecule has 2 aromatic carbocycles. The third kappa shape index (κ3) is 2.86. The molecule has 1 aromatic heterocycles. The first kappa shape index (κ1) is 14.0. The standard InChI is InChI=1S/C14H9Cl3N2S/c15-8-1-3-9(4-2-8)18-7-12-19-14-11(20-12)6-5-10(16)13(14)17/h1-6,18H,7H2. The molecule has 0 bridgehead atoms. The third-order valence-corrected chi connectivity index (χ3v) is 4.85. The van der Waals surface area contributed by atoms with E-state index >= 15 is 0 Å². The van der Waals surface area contributed by atoms with Crippen LogP contribution >= 0.6 is 46.1 Å². The van der Waals surface area contributed by atoms with E-state index in [9.17, 15) is 0 Å². The topological polar surface area (TPSA) is 24.9 Å². The number of fused-ring (bicyclic) bond motifs is 1. The maximum atomic E-state index is 6.15. The number of hydrogen-bond donors (Lipinski definition) is 1. The summed E-state index contributed by atoms with van der Waals surface area (Å²) in [6.07, 6.45) is 0. The van der Waals surface area contributed by atoms with E-state index in [1.54, 1.807) is 17.4 Å². The van der Waals surface area contributed by atoms with Crippen molar-refractivity contribution in [3.8, 4) is 0 Å². The van der Waals surface area contributed by atoms with Gasteiger partial charge in [-0.2, -0.15) is 0 Å². The molecule has 0 atom stereocenters. The zero-order valence-corrected chi connectivity index (χ0v) is 13.2. The van der Waals surface area contributed by atoms with Crippen molar-refractivity contribution in [3.63, 3.8) is 0 Å². The van der Waals surface area contributed by atoms with Gasteiger partial charge in [-0.25, -0.2) is 4.98 Å². The van der Waals surface area contributed by atoms with Crippen molar-refractivity contribution in [3.05, 3.63) is 56.5 Å². The van der Waals surface area contributed by atoms with E-state index < -0.39 is 0 Å². The average Bonchev–Trinajstić information content (AvgIpc) is 2.86. The second kappa shape index (κ2) is 5.78. The van der Waals surface area contributed by atoms with Gasteiger partial charge in [0.15, 0.2) is 0 Å². The summed E-state index contributed by atoms with van der Waals surface area (Å²) in [4.78, 5) is 4.52. The zero-order valence-electron chi connectivity index (χ0n) is 10.2. The Bertz CT molecular complexity index is 753. The van der Waals surface area contributed by atoms with Gasteiger partial charge in [0.05, 0.1) is 21.3 Å². The van der Waals surface area contributed by atoms with Gasteiger partial charge in [-0.05, 0) is 36.4 Å². The smallest absolute Gasteiger partial charge is 0.113 e. The molecule has 0 spiro atoms. The van der Waals surface area contributed by atoms with Crippen LogP contribution in [-0.4, -0.2) is 4.98 Å². The zero-order chi connectivity index (χ0) is 14.1. The summed E-state index contributed by atoms with van der Waals surface area (Å²) in [5, 5.41) is 6.01. The summed E-state index contributed by atoms with van der Waals surface area (Å²) in [6.45, 7) is 0.634. The fourth-order valence-corrected chi connectivity index (χ4v) is 3.26. The summed E-state index contributed by atoms with van der Waals surface area (Å²) < 4.78 is 1.03. The first-order valence-corrected chi connectivity index (χ1v) is 7.81. The molecule has 0 aliphatic heterocycles. The molecule has 0 unspecified atom stereocenters. The number of thiazole rings is 1. The Balaban J connectivity index is 1.81. The summed E-state index contributed by atoms with van der Waals surface area (Å²) >= 11 is 19.6. The number of aromatic nitrogens is 1. The lowest BCUT2D eigenvalue weighted by Crippen LogP contribution is -1.98. The molecule has 0 saturated heterocycles. The molecule has 3 rings (SSSR count). The summed E-state index contributed by atoms with van der Waals surface area (Å²) in [6, 6.07) is 11.3. The summed E-state index contributed by atoms with van der Waals surface area (Å²) in [5.41, 5.74) is 1.76. The average molecular weight is 344 g/mol. The maximum absolute atomic E-state index is 6.15. The molecule has 2 nitrogen and oxygen atoms in total. The lowest BCUT2D eigenvalue weighted by atomic mass is 10.3. The quantitative estimate of drug-likeness (QED) is 0.643. The van der Waals surface area contributed by atoms with Gasteiger partial charge in [-0.15, -0.1) is 11.3 Å².